The van der Waals surface area contributed by atoms with Gasteiger partial charge in [0.1, 0.15) is 0 Å². The number of aryl methyl sites for hydroxylation is 1. The molecular weight excluding hydrogens is 316 g/mol. The summed E-state index contributed by atoms with van der Waals surface area (Å²) in [5, 5.41) is 14.3. The second-order valence-electron chi connectivity index (χ2n) is 6.66. The van der Waals surface area contributed by atoms with Crippen molar-refractivity contribution in [3.63, 3.8) is 0 Å². The van der Waals surface area contributed by atoms with Crippen LogP contribution in [0, 0.1) is 6.92 Å². The second-order valence-corrected chi connectivity index (χ2v) is 7.04. The van der Waals surface area contributed by atoms with Crippen molar-refractivity contribution in [1.82, 2.24) is 19.6 Å². The quantitative estimate of drug-likeness (QED) is 0.885. The van der Waals surface area contributed by atoms with Gasteiger partial charge in [0, 0.05) is 39.3 Å². The van der Waals surface area contributed by atoms with E-state index in [4.69, 9.17) is 11.6 Å². The summed E-state index contributed by atoms with van der Waals surface area (Å²) in [5.74, 6) is -0.0637. The summed E-state index contributed by atoms with van der Waals surface area (Å²) in [6, 6.07) is 0.521. The van der Waals surface area contributed by atoms with Crippen molar-refractivity contribution in [3.8, 4) is 0 Å². The minimum Gasteiger partial charge on any atom is -0.393 e. The number of likely N-dealkylation sites (tertiary alicyclic amines) is 2. The van der Waals surface area contributed by atoms with Crippen molar-refractivity contribution in [3.05, 3.63) is 16.4 Å². The van der Waals surface area contributed by atoms with E-state index < -0.39 is 0 Å². The predicted molar refractivity (Wildman–Crippen MR) is 88.7 cm³/mol. The molecule has 1 N–H and O–H groups in total. The molecular formula is C16H25ClN4O2. The number of aliphatic hydroxyl groups excluding tert-OH is 1. The molecule has 0 saturated carbocycles. The summed E-state index contributed by atoms with van der Waals surface area (Å²) in [5.41, 5.74) is 1.18. The first-order valence-corrected chi connectivity index (χ1v) is 8.75. The Kier molecular flexibility index (Phi) is 4.94. The molecule has 2 aliphatic heterocycles. The topological polar surface area (TPSA) is 61.6 Å². The number of carbonyl (C=O) groups excluding carboxylic acids is 1. The van der Waals surface area contributed by atoms with Gasteiger partial charge >= 0.3 is 0 Å². The molecule has 3 rings (SSSR count). The molecule has 2 fully saturated rings. The molecule has 0 aliphatic carbocycles. The first kappa shape index (κ1) is 16.7. The largest absolute Gasteiger partial charge is 0.393 e. The molecule has 1 aromatic heterocycles. The molecule has 0 aromatic carbocycles. The van der Waals surface area contributed by atoms with Crippen LogP contribution >= 0.6 is 11.6 Å². The first-order valence-electron chi connectivity index (χ1n) is 8.38. The lowest BCUT2D eigenvalue weighted by molar-refractivity contribution is 0.0355. The molecule has 0 bridgehead atoms. The Morgan fingerprint density at radius 1 is 1.17 bits per heavy atom. The lowest BCUT2D eigenvalue weighted by atomic mass is 9.99. The summed E-state index contributed by atoms with van der Waals surface area (Å²) in [7, 11) is 1.80. The third kappa shape index (κ3) is 3.39. The average molecular weight is 341 g/mol. The maximum absolute atomic E-state index is 12.6. The Morgan fingerprint density at radius 3 is 2.30 bits per heavy atom. The zero-order valence-corrected chi connectivity index (χ0v) is 14.6. The summed E-state index contributed by atoms with van der Waals surface area (Å²) in [6.07, 6.45) is 3.54. The number of hydrogen-bond acceptors (Lipinski definition) is 4. The van der Waals surface area contributed by atoms with E-state index in [1.54, 1.807) is 11.7 Å². The van der Waals surface area contributed by atoms with Crippen LogP contribution in [0.25, 0.3) is 0 Å². The SMILES string of the molecule is Cc1c(Cl)c(C(=O)N2CCC(N3CCC(O)CC3)CC2)nn1C. The van der Waals surface area contributed by atoms with Gasteiger partial charge in [0.2, 0.25) is 0 Å². The van der Waals surface area contributed by atoms with Crippen LogP contribution in [0.2, 0.25) is 5.02 Å². The summed E-state index contributed by atoms with van der Waals surface area (Å²) in [6.45, 7) is 5.28. The highest BCUT2D eigenvalue weighted by molar-refractivity contribution is 6.34. The summed E-state index contributed by atoms with van der Waals surface area (Å²) >= 11 is 6.23. The highest BCUT2D eigenvalue weighted by Gasteiger charge is 2.31. The molecule has 0 spiro atoms. The Morgan fingerprint density at radius 2 is 1.78 bits per heavy atom. The molecule has 3 heterocycles. The van der Waals surface area contributed by atoms with Gasteiger partial charge in [0.05, 0.1) is 16.8 Å². The second kappa shape index (κ2) is 6.79. The minimum absolute atomic E-state index is 0.0637. The van der Waals surface area contributed by atoms with Crippen molar-refractivity contribution >= 4 is 17.5 Å². The van der Waals surface area contributed by atoms with Crippen LogP contribution in [0.3, 0.4) is 0 Å². The van der Waals surface area contributed by atoms with E-state index in [0.717, 1.165) is 57.6 Å². The zero-order chi connectivity index (χ0) is 16.6. The third-order valence-corrected chi connectivity index (χ3v) is 5.68. The monoisotopic (exact) mass is 340 g/mol. The molecule has 2 saturated heterocycles. The van der Waals surface area contributed by atoms with E-state index in [9.17, 15) is 9.90 Å². The van der Waals surface area contributed by atoms with Crippen LogP contribution < -0.4 is 0 Å². The van der Waals surface area contributed by atoms with E-state index in [1.165, 1.54) is 0 Å². The number of nitrogens with zero attached hydrogens (tertiary/aromatic N) is 4. The molecule has 23 heavy (non-hydrogen) atoms. The number of piperidine rings is 2. The molecule has 0 unspecified atom stereocenters. The normalized spacial score (nSPS) is 21.8. The molecule has 0 atom stereocenters. The average Bonchev–Trinajstić information content (AvgIpc) is 2.83. The van der Waals surface area contributed by atoms with E-state index in [1.807, 2.05) is 11.8 Å². The Labute approximate surface area is 142 Å². The summed E-state index contributed by atoms with van der Waals surface area (Å²) < 4.78 is 1.65. The molecule has 1 amide bonds. The number of carbonyl (C=O) groups is 1. The molecule has 1 aromatic rings. The van der Waals surface area contributed by atoms with E-state index in [0.29, 0.717) is 16.8 Å². The fourth-order valence-corrected chi connectivity index (χ4v) is 3.79. The third-order valence-electron chi connectivity index (χ3n) is 5.23. The van der Waals surface area contributed by atoms with Crippen molar-refractivity contribution in [2.45, 2.75) is 44.8 Å². The highest BCUT2D eigenvalue weighted by atomic mass is 35.5. The van der Waals surface area contributed by atoms with E-state index in [2.05, 4.69) is 10.00 Å². The number of halogens is 1. The number of aliphatic hydroxyl groups is 1. The number of aromatic nitrogens is 2. The van der Waals surface area contributed by atoms with Crippen LogP contribution in [0.1, 0.15) is 41.9 Å². The molecule has 2 aliphatic rings. The fourth-order valence-electron chi connectivity index (χ4n) is 3.55. The van der Waals surface area contributed by atoms with Gasteiger partial charge in [0.15, 0.2) is 5.69 Å². The number of rotatable bonds is 2. The van der Waals surface area contributed by atoms with Crippen LogP contribution in [0.15, 0.2) is 0 Å². The van der Waals surface area contributed by atoms with Gasteiger partial charge in [-0.2, -0.15) is 5.10 Å². The van der Waals surface area contributed by atoms with Crippen molar-refractivity contribution in [2.24, 2.45) is 7.05 Å². The van der Waals surface area contributed by atoms with Crippen LogP contribution in [0.5, 0.6) is 0 Å². The van der Waals surface area contributed by atoms with Crippen LogP contribution in [-0.2, 0) is 7.05 Å². The van der Waals surface area contributed by atoms with Crippen molar-refractivity contribution < 1.29 is 9.90 Å². The lowest BCUT2D eigenvalue weighted by Gasteiger charge is -2.41. The van der Waals surface area contributed by atoms with Crippen LogP contribution in [-0.4, -0.2) is 68.9 Å². The Balaban J connectivity index is 1.58. The standard InChI is InChI=1S/C16H25ClN4O2/c1-11-14(17)15(18-19(11)2)16(23)21-7-3-12(4-8-21)20-9-5-13(22)6-10-20/h12-13,22H,3-10H2,1-2H3. The van der Waals surface area contributed by atoms with Gasteiger partial charge in [0.25, 0.3) is 5.91 Å². The lowest BCUT2D eigenvalue weighted by Crippen LogP contribution is -2.49. The maximum Gasteiger partial charge on any atom is 0.275 e. The van der Waals surface area contributed by atoms with Gasteiger partial charge < -0.3 is 14.9 Å². The highest BCUT2D eigenvalue weighted by Crippen LogP contribution is 2.25. The van der Waals surface area contributed by atoms with E-state index in [-0.39, 0.29) is 12.0 Å². The van der Waals surface area contributed by atoms with Crippen molar-refractivity contribution in [1.29, 1.82) is 0 Å². The fraction of sp³-hybridized carbons (Fsp3) is 0.750. The zero-order valence-electron chi connectivity index (χ0n) is 13.8. The molecule has 0 radical (unpaired) electrons. The summed E-state index contributed by atoms with van der Waals surface area (Å²) in [4.78, 5) is 17.0. The predicted octanol–water partition coefficient (Wildman–Crippen LogP) is 1.44. The molecule has 7 heteroatoms. The van der Waals surface area contributed by atoms with Gasteiger partial charge in [-0.15, -0.1) is 0 Å². The number of amides is 1. The van der Waals surface area contributed by atoms with Gasteiger partial charge in [-0.25, -0.2) is 0 Å². The van der Waals surface area contributed by atoms with Crippen LogP contribution in [0.4, 0.5) is 0 Å². The Bertz CT molecular complexity index is 573. The molecule has 6 nitrogen and oxygen atoms in total. The minimum atomic E-state index is -0.137. The van der Waals surface area contributed by atoms with E-state index >= 15 is 0 Å². The smallest absolute Gasteiger partial charge is 0.275 e. The first-order chi connectivity index (χ1) is 11.0. The van der Waals surface area contributed by atoms with Gasteiger partial charge in [-0.05, 0) is 32.6 Å². The number of hydrogen-bond donors (Lipinski definition) is 1. The maximum atomic E-state index is 12.6. The molecule has 128 valence electrons. The van der Waals surface area contributed by atoms with Gasteiger partial charge in [-0.3, -0.25) is 9.48 Å². The Hall–Kier alpha value is -1.11. The van der Waals surface area contributed by atoms with Crippen molar-refractivity contribution in [2.75, 3.05) is 26.2 Å². The van der Waals surface area contributed by atoms with Gasteiger partial charge in [-0.1, -0.05) is 11.6 Å².